The molecule has 0 saturated heterocycles. The van der Waals surface area contributed by atoms with E-state index in [-0.39, 0.29) is 5.56 Å². The number of benzene rings is 2. The van der Waals surface area contributed by atoms with Crippen molar-refractivity contribution < 1.29 is 0 Å². The largest absolute Gasteiger partial charge is 0.358 e. The van der Waals surface area contributed by atoms with Crippen molar-refractivity contribution in [3.8, 4) is 0 Å². The second-order valence-electron chi connectivity index (χ2n) is 6.41. The van der Waals surface area contributed by atoms with E-state index in [0.717, 1.165) is 28.5 Å². The van der Waals surface area contributed by atoms with Crippen LogP contribution in [0.15, 0.2) is 59.7 Å². The Morgan fingerprint density at radius 3 is 2.81 bits per heavy atom. The molecule has 5 nitrogen and oxygen atoms in total. The SMILES string of the molecule is O=c1c2[nH]c3ccc(Cl)cc3c2ncn1CCc1cc2ccccc2[nH]1. The molecule has 3 heterocycles. The van der Waals surface area contributed by atoms with Crippen LogP contribution in [-0.2, 0) is 13.0 Å². The number of aromatic amines is 2. The van der Waals surface area contributed by atoms with Crippen LogP contribution in [0.3, 0.4) is 0 Å². The Morgan fingerprint density at radius 1 is 1.04 bits per heavy atom. The zero-order valence-corrected chi connectivity index (χ0v) is 14.5. The van der Waals surface area contributed by atoms with E-state index in [1.165, 1.54) is 5.39 Å². The third kappa shape index (κ3) is 2.40. The van der Waals surface area contributed by atoms with Crippen molar-refractivity contribution in [1.29, 1.82) is 0 Å². The Kier molecular flexibility index (Phi) is 3.36. The maximum atomic E-state index is 12.8. The summed E-state index contributed by atoms with van der Waals surface area (Å²) < 4.78 is 1.64. The highest BCUT2D eigenvalue weighted by Crippen LogP contribution is 2.24. The minimum absolute atomic E-state index is 0.0709. The maximum absolute atomic E-state index is 12.8. The fourth-order valence-electron chi connectivity index (χ4n) is 3.43. The Morgan fingerprint density at radius 2 is 1.92 bits per heavy atom. The van der Waals surface area contributed by atoms with E-state index in [2.05, 4.69) is 27.1 Å². The van der Waals surface area contributed by atoms with Crippen molar-refractivity contribution in [3.05, 3.63) is 75.9 Å². The number of nitrogens with zero attached hydrogens (tertiary/aromatic N) is 2. The lowest BCUT2D eigenvalue weighted by Crippen LogP contribution is -2.21. The molecule has 0 unspecified atom stereocenters. The Labute approximate surface area is 153 Å². The summed E-state index contributed by atoms with van der Waals surface area (Å²) in [6.45, 7) is 0.560. The lowest BCUT2D eigenvalue weighted by atomic mass is 10.2. The molecule has 0 aliphatic carbocycles. The zero-order valence-electron chi connectivity index (χ0n) is 13.8. The van der Waals surface area contributed by atoms with Gasteiger partial charge in [0.05, 0.1) is 6.33 Å². The number of para-hydroxylation sites is 1. The van der Waals surface area contributed by atoms with E-state index in [9.17, 15) is 4.79 Å². The molecule has 0 spiro atoms. The number of hydrogen-bond donors (Lipinski definition) is 2. The van der Waals surface area contributed by atoms with Gasteiger partial charge < -0.3 is 9.97 Å². The molecular formula is C20H15ClN4O. The van der Waals surface area contributed by atoms with Gasteiger partial charge in [0.1, 0.15) is 11.0 Å². The first-order valence-electron chi connectivity index (χ1n) is 8.42. The monoisotopic (exact) mass is 362 g/mol. The van der Waals surface area contributed by atoms with Crippen molar-refractivity contribution in [2.45, 2.75) is 13.0 Å². The van der Waals surface area contributed by atoms with Crippen LogP contribution in [0, 0.1) is 0 Å². The minimum Gasteiger partial charge on any atom is -0.358 e. The highest BCUT2D eigenvalue weighted by molar-refractivity contribution is 6.31. The van der Waals surface area contributed by atoms with Crippen LogP contribution in [0.1, 0.15) is 5.69 Å². The van der Waals surface area contributed by atoms with Gasteiger partial charge in [-0.1, -0.05) is 29.8 Å². The molecule has 0 amide bonds. The Bertz CT molecular complexity index is 1300. The normalized spacial score (nSPS) is 11.7. The standard InChI is InChI=1S/C20H15ClN4O/c21-13-5-6-17-15(10-13)18-19(24-17)20(26)25(11-22-18)8-7-14-9-12-3-1-2-4-16(12)23-14/h1-6,9-11,23-24H,7-8H2. The first-order valence-corrected chi connectivity index (χ1v) is 8.80. The molecule has 0 atom stereocenters. The van der Waals surface area contributed by atoms with E-state index >= 15 is 0 Å². The van der Waals surface area contributed by atoms with E-state index in [1.54, 1.807) is 17.0 Å². The average Bonchev–Trinajstić information content (AvgIpc) is 3.22. The van der Waals surface area contributed by atoms with Crippen LogP contribution in [0.5, 0.6) is 0 Å². The summed E-state index contributed by atoms with van der Waals surface area (Å²) in [5, 5.41) is 2.67. The Balaban J connectivity index is 1.51. The lowest BCUT2D eigenvalue weighted by Gasteiger charge is -2.04. The highest BCUT2D eigenvalue weighted by atomic mass is 35.5. The smallest absolute Gasteiger partial charge is 0.277 e. The number of aryl methyl sites for hydroxylation is 2. The summed E-state index contributed by atoms with van der Waals surface area (Å²) in [5.41, 5.74) is 4.18. The molecule has 2 aromatic carbocycles. The van der Waals surface area contributed by atoms with Crippen molar-refractivity contribution in [2.75, 3.05) is 0 Å². The summed E-state index contributed by atoms with van der Waals surface area (Å²) in [6.07, 6.45) is 2.34. The number of fused-ring (bicyclic) bond motifs is 4. The molecule has 5 rings (SSSR count). The number of H-pyrrole nitrogens is 2. The van der Waals surface area contributed by atoms with Crippen LogP contribution in [-0.4, -0.2) is 19.5 Å². The molecule has 0 saturated carbocycles. The topological polar surface area (TPSA) is 66.5 Å². The van der Waals surface area contributed by atoms with Gasteiger partial charge in [0.15, 0.2) is 0 Å². The van der Waals surface area contributed by atoms with Gasteiger partial charge in [-0.3, -0.25) is 9.36 Å². The van der Waals surface area contributed by atoms with Crippen molar-refractivity contribution >= 4 is 44.4 Å². The quantitative estimate of drug-likeness (QED) is 0.503. The molecule has 5 aromatic rings. The molecule has 0 aliphatic rings. The molecule has 0 aliphatic heterocycles. The van der Waals surface area contributed by atoms with E-state index < -0.39 is 0 Å². The summed E-state index contributed by atoms with van der Waals surface area (Å²) >= 11 is 6.07. The Hall–Kier alpha value is -3.05. The second-order valence-corrected chi connectivity index (χ2v) is 6.85. The van der Waals surface area contributed by atoms with Gasteiger partial charge in [0, 0.05) is 40.1 Å². The number of hydrogen-bond acceptors (Lipinski definition) is 2. The summed E-state index contributed by atoms with van der Waals surface area (Å²) in [4.78, 5) is 23.9. The maximum Gasteiger partial charge on any atom is 0.277 e. The molecule has 0 bridgehead atoms. The van der Waals surface area contributed by atoms with Gasteiger partial charge in [0.25, 0.3) is 5.56 Å². The molecule has 3 aromatic heterocycles. The van der Waals surface area contributed by atoms with Crippen molar-refractivity contribution in [3.63, 3.8) is 0 Å². The van der Waals surface area contributed by atoms with Gasteiger partial charge >= 0.3 is 0 Å². The first kappa shape index (κ1) is 15.2. The number of halogens is 1. The lowest BCUT2D eigenvalue weighted by molar-refractivity contribution is 0.656. The van der Waals surface area contributed by atoms with Crippen LogP contribution >= 0.6 is 11.6 Å². The predicted molar refractivity (Wildman–Crippen MR) is 105 cm³/mol. The van der Waals surface area contributed by atoms with Crippen LogP contribution in [0.2, 0.25) is 5.02 Å². The highest BCUT2D eigenvalue weighted by Gasteiger charge is 2.11. The van der Waals surface area contributed by atoms with Crippen LogP contribution in [0.4, 0.5) is 0 Å². The fourth-order valence-corrected chi connectivity index (χ4v) is 3.60. The molecule has 6 heteroatoms. The predicted octanol–water partition coefficient (Wildman–Crippen LogP) is 4.26. The molecule has 128 valence electrons. The van der Waals surface area contributed by atoms with Gasteiger partial charge in [-0.15, -0.1) is 0 Å². The first-order chi connectivity index (χ1) is 12.7. The summed E-state index contributed by atoms with van der Waals surface area (Å²) in [6, 6.07) is 15.8. The number of rotatable bonds is 3. The minimum atomic E-state index is -0.0709. The summed E-state index contributed by atoms with van der Waals surface area (Å²) in [7, 11) is 0. The molecule has 26 heavy (non-hydrogen) atoms. The molecule has 0 radical (unpaired) electrons. The molecular weight excluding hydrogens is 348 g/mol. The van der Waals surface area contributed by atoms with E-state index in [0.29, 0.717) is 22.6 Å². The summed E-state index contributed by atoms with van der Waals surface area (Å²) in [5.74, 6) is 0. The van der Waals surface area contributed by atoms with Crippen LogP contribution in [0.25, 0.3) is 32.8 Å². The fraction of sp³-hybridized carbons (Fsp3) is 0.100. The number of aromatic nitrogens is 4. The number of nitrogens with one attached hydrogen (secondary N) is 2. The molecule has 0 fully saturated rings. The van der Waals surface area contributed by atoms with E-state index in [1.807, 2.05) is 30.3 Å². The van der Waals surface area contributed by atoms with Crippen molar-refractivity contribution in [2.24, 2.45) is 0 Å². The van der Waals surface area contributed by atoms with Gasteiger partial charge in [-0.05, 0) is 35.7 Å². The van der Waals surface area contributed by atoms with Gasteiger partial charge in [-0.25, -0.2) is 4.98 Å². The van der Waals surface area contributed by atoms with Gasteiger partial charge in [-0.2, -0.15) is 0 Å². The zero-order chi connectivity index (χ0) is 17.7. The van der Waals surface area contributed by atoms with Crippen LogP contribution < -0.4 is 5.56 Å². The average molecular weight is 363 g/mol. The molecule has 2 N–H and O–H groups in total. The van der Waals surface area contributed by atoms with E-state index in [4.69, 9.17) is 11.6 Å². The second kappa shape index (κ2) is 5.75. The van der Waals surface area contributed by atoms with Gasteiger partial charge in [0.2, 0.25) is 0 Å². The van der Waals surface area contributed by atoms with Crippen molar-refractivity contribution in [1.82, 2.24) is 19.5 Å². The third-order valence-corrected chi connectivity index (χ3v) is 4.98. The third-order valence-electron chi connectivity index (χ3n) is 4.74.